The second kappa shape index (κ2) is 4.01. The number of carbonyl (C=O) groups is 2. The van der Waals surface area contributed by atoms with Crippen LogP contribution in [-0.2, 0) is 9.59 Å². The number of hydrogen-bond acceptors (Lipinski definition) is 2. The van der Waals surface area contributed by atoms with Crippen LogP contribution >= 0.6 is 15.9 Å². The molecule has 2 atom stereocenters. The van der Waals surface area contributed by atoms with Crippen molar-refractivity contribution in [3.63, 3.8) is 0 Å². The molecule has 0 spiro atoms. The Kier molecular flexibility index (Phi) is 2.84. The molecule has 1 aromatic carbocycles. The summed E-state index contributed by atoms with van der Waals surface area (Å²) in [6, 6.07) is 7.18. The standard InChI is InChI=1S/C12H12BrNO2/c1-7-8(2)12(16)14(11(7)15)10-5-3-9(13)4-6-10/h3-8H,1-2H3. The normalized spacial score (nSPS) is 25.3. The van der Waals surface area contributed by atoms with Crippen molar-refractivity contribution in [3.8, 4) is 0 Å². The Balaban J connectivity index is 2.38. The van der Waals surface area contributed by atoms with Crippen molar-refractivity contribution in [2.75, 3.05) is 4.90 Å². The van der Waals surface area contributed by atoms with Gasteiger partial charge < -0.3 is 0 Å². The highest BCUT2D eigenvalue weighted by Gasteiger charge is 2.42. The van der Waals surface area contributed by atoms with Gasteiger partial charge >= 0.3 is 0 Å². The molecule has 16 heavy (non-hydrogen) atoms. The summed E-state index contributed by atoms with van der Waals surface area (Å²) in [6.45, 7) is 3.59. The maximum absolute atomic E-state index is 11.9. The van der Waals surface area contributed by atoms with Gasteiger partial charge in [-0.1, -0.05) is 29.8 Å². The summed E-state index contributed by atoms with van der Waals surface area (Å²) < 4.78 is 0.927. The van der Waals surface area contributed by atoms with Crippen LogP contribution in [-0.4, -0.2) is 11.8 Å². The molecule has 0 N–H and O–H groups in total. The molecule has 3 nitrogen and oxygen atoms in total. The lowest BCUT2D eigenvalue weighted by Gasteiger charge is -2.14. The average Bonchev–Trinajstić information content (AvgIpc) is 2.46. The molecule has 1 fully saturated rings. The van der Waals surface area contributed by atoms with Crippen molar-refractivity contribution in [3.05, 3.63) is 28.7 Å². The van der Waals surface area contributed by atoms with Crippen molar-refractivity contribution < 1.29 is 9.59 Å². The van der Waals surface area contributed by atoms with Gasteiger partial charge in [0.05, 0.1) is 5.69 Å². The predicted octanol–water partition coefficient (Wildman–Crippen LogP) is 2.59. The Hall–Kier alpha value is -1.16. The van der Waals surface area contributed by atoms with Crippen LogP contribution in [0.4, 0.5) is 5.69 Å². The number of carbonyl (C=O) groups excluding carboxylic acids is 2. The smallest absolute Gasteiger partial charge is 0.237 e. The molecule has 1 aliphatic rings. The summed E-state index contributed by atoms with van der Waals surface area (Å²) >= 11 is 3.32. The maximum Gasteiger partial charge on any atom is 0.237 e. The van der Waals surface area contributed by atoms with Gasteiger partial charge in [0, 0.05) is 16.3 Å². The van der Waals surface area contributed by atoms with E-state index in [0.717, 1.165) is 4.47 Å². The number of rotatable bonds is 1. The van der Waals surface area contributed by atoms with Gasteiger partial charge in [-0.25, -0.2) is 0 Å². The Bertz CT molecular complexity index is 421. The zero-order chi connectivity index (χ0) is 11.9. The van der Waals surface area contributed by atoms with Crippen LogP contribution < -0.4 is 4.90 Å². The first-order valence-corrected chi connectivity index (χ1v) is 5.95. The quantitative estimate of drug-likeness (QED) is 0.742. The lowest BCUT2D eigenvalue weighted by Crippen LogP contribution is -2.30. The van der Waals surface area contributed by atoms with Crippen LogP contribution in [0.5, 0.6) is 0 Å². The highest BCUT2D eigenvalue weighted by molar-refractivity contribution is 9.10. The molecule has 0 saturated carbocycles. The van der Waals surface area contributed by atoms with E-state index < -0.39 is 0 Å². The Morgan fingerprint density at radius 3 is 1.88 bits per heavy atom. The van der Waals surface area contributed by atoms with E-state index in [9.17, 15) is 9.59 Å². The van der Waals surface area contributed by atoms with Gasteiger partial charge in [-0.3, -0.25) is 14.5 Å². The Labute approximate surface area is 103 Å². The van der Waals surface area contributed by atoms with Gasteiger partial charge in [-0.2, -0.15) is 0 Å². The van der Waals surface area contributed by atoms with Crippen molar-refractivity contribution in [2.24, 2.45) is 11.8 Å². The molecular weight excluding hydrogens is 270 g/mol. The summed E-state index contributed by atoms with van der Waals surface area (Å²) in [5.74, 6) is -0.674. The number of halogens is 1. The fraction of sp³-hybridized carbons (Fsp3) is 0.333. The Morgan fingerprint density at radius 2 is 1.44 bits per heavy atom. The second-order valence-electron chi connectivity index (χ2n) is 4.07. The first-order chi connectivity index (χ1) is 7.52. The third-order valence-electron chi connectivity index (χ3n) is 3.05. The van der Waals surface area contributed by atoms with E-state index in [0.29, 0.717) is 5.69 Å². The summed E-state index contributed by atoms with van der Waals surface area (Å²) in [5.41, 5.74) is 0.648. The molecule has 1 heterocycles. The molecule has 0 radical (unpaired) electrons. The molecule has 84 valence electrons. The summed E-state index contributed by atoms with van der Waals surface area (Å²) in [4.78, 5) is 25.1. The molecule has 1 aliphatic heterocycles. The molecule has 1 aromatic rings. The van der Waals surface area contributed by atoms with Crippen LogP contribution in [0.25, 0.3) is 0 Å². The van der Waals surface area contributed by atoms with Gasteiger partial charge in [0.2, 0.25) is 11.8 Å². The minimum absolute atomic E-state index is 0.111. The SMILES string of the molecule is CC1C(=O)N(c2ccc(Br)cc2)C(=O)C1C. The van der Waals surface area contributed by atoms with E-state index in [4.69, 9.17) is 0 Å². The van der Waals surface area contributed by atoms with Gasteiger partial charge in [0.1, 0.15) is 0 Å². The summed E-state index contributed by atoms with van der Waals surface area (Å²) in [6.07, 6.45) is 0. The maximum atomic E-state index is 11.9. The molecule has 2 unspecified atom stereocenters. The third-order valence-corrected chi connectivity index (χ3v) is 3.58. The van der Waals surface area contributed by atoms with Crippen molar-refractivity contribution in [2.45, 2.75) is 13.8 Å². The van der Waals surface area contributed by atoms with Gasteiger partial charge in [0.25, 0.3) is 0 Å². The lowest BCUT2D eigenvalue weighted by molar-refractivity contribution is -0.122. The molecule has 4 heteroatoms. The number of hydrogen-bond donors (Lipinski definition) is 0. The van der Waals surface area contributed by atoms with Gasteiger partial charge in [-0.05, 0) is 24.3 Å². The van der Waals surface area contributed by atoms with Crippen molar-refractivity contribution >= 4 is 33.4 Å². The molecule has 0 aromatic heterocycles. The number of nitrogens with zero attached hydrogens (tertiary/aromatic N) is 1. The first-order valence-electron chi connectivity index (χ1n) is 5.15. The fourth-order valence-electron chi connectivity index (χ4n) is 1.79. The van der Waals surface area contributed by atoms with Crippen LogP contribution in [0.15, 0.2) is 28.7 Å². The average molecular weight is 282 g/mol. The van der Waals surface area contributed by atoms with E-state index in [1.807, 2.05) is 12.1 Å². The summed E-state index contributed by atoms with van der Waals surface area (Å²) in [5, 5.41) is 0. The number of amides is 2. The van der Waals surface area contributed by atoms with Crippen LogP contribution in [0.3, 0.4) is 0 Å². The van der Waals surface area contributed by atoms with Crippen LogP contribution in [0.2, 0.25) is 0 Å². The van der Waals surface area contributed by atoms with E-state index in [1.54, 1.807) is 26.0 Å². The molecular formula is C12H12BrNO2. The van der Waals surface area contributed by atoms with Crippen LogP contribution in [0.1, 0.15) is 13.8 Å². The molecule has 0 bridgehead atoms. The number of benzene rings is 1. The minimum atomic E-state index is -0.226. The largest absolute Gasteiger partial charge is 0.274 e. The zero-order valence-electron chi connectivity index (χ0n) is 9.11. The Morgan fingerprint density at radius 1 is 1.00 bits per heavy atom. The summed E-state index contributed by atoms with van der Waals surface area (Å²) in [7, 11) is 0. The second-order valence-corrected chi connectivity index (χ2v) is 4.98. The van der Waals surface area contributed by atoms with E-state index in [-0.39, 0.29) is 23.7 Å². The predicted molar refractivity (Wildman–Crippen MR) is 65.0 cm³/mol. The number of anilines is 1. The lowest BCUT2D eigenvalue weighted by atomic mass is 10.00. The van der Waals surface area contributed by atoms with E-state index in [1.165, 1.54) is 4.90 Å². The molecule has 2 amide bonds. The van der Waals surface area contributed by atoms with Crippen molar-refractivity contribution in [1.29, 1.82) is 0 Å². The fourth-order valence-corrected chi connectivity index (χ4v) is 2.05. The van der Waals surface area contributed by atoms with Gasteiger partial charge in [-0.15, -0.1) is 0 Å². The highest BCUT2D eigenvalue weighted by atomic mass is 79.9. The number of imide groups is 1. The topological polar surface area (TPSA) is 37.4 Å². The molecule has 0 aliphatic carbocycles. The van der Waals surface area contributed by atoms with Gasteiger partial charge in [0.15, 0.2) is 0 Å². The van der Waals surface area contributed by atoms with E-state index >= 15 is 0 Å². The molecule has 2 rings (SSSR count). The monoisotopic (exact) mass is 281 g/mol. The minimum Gasteiger partial charge on any atom is -0.274 e. The third kappa shape index (κ3) is 1.67. The molecule has 1 saturated heterocycles. The zero-order valence-corrected chi connectivity index (χ0v) is 10.7. The highest BCUT2D eigenvalue weighted by Crippen LogP contribution is 2.30. The van der Waals surface area contributed by atoms with Crippen molar-refractivity contribution in [1.82, 2.24) is 0 Å². The van der Waals surface area contributed by atoms with E-state index in [2.05, 4.69) is 15.9 Å². The van der Waals surface area contributed by atoms with Crippen LogP contribution in [0, 0.1) is 11.8 Å². The first kappa shape index (κ1) is 11.3.